The largest absolute Gasteiger partial charge is 0.422 e. The van der Waals surface area contributed by atoms with Gasteiger partial charge in [0, 0.05) is 41.5 Å². The molecule has 160 valence electrons. The quantitative estimate of drug-likeness (QED) is 0.456. The molecule has 0 bridgehead atoms. The van der Waals surface area contributed by atoms with Crippen LogP contribution in [0.4, 0.5) is 11.4 Å². The number of anilines is 2. The predicted octanol–water partition coefficient (Wildman–Crippen LogP) is 5.22. The summed E-state index contributed by atoms with van der Waals surface area (Å²) in [5.41, 5.74) is 6.99. The van der Waals surface area contributed by atoms with E-state index in [2.05, 4.69) is 11.4 Å². The number of nitrogens with one attached hydrogen (secondary N) is 1. The molecular formula is C27H24N2O3. The summed E-state index contributed by atoms with van der Waals surface area (Å²) in [5.74, 6) is 0.0130. The van der Waals surface area contributed by atoms with Gasteiger partial charge in [-0.25, -0.2) is 4.79 Å². The molecule has 1 amide bonds. The number of carbonyl (C=O) groups is 1. The predicted molar refractivity (Wildman–Crippen MR) is 128 cm³/mol. The Morgan fingerprint density at radius 3 is 2.62 bits per heavy atom. The first kappa shape index (κ1) is 20.1. The molecule has 2 heterocycles. The fraction of sp³-hybridized carbons (Fsp3) is 0.185. The average Bonchev–Trinajstić information content (AvgIpc) is 3.24. The minimum Gasteiger partial charge on any atom is -0.422 e. The van der Waals surface area contributed by atoms with Crippen molar-refractivity contribution in [1.29, 1.82) is 0 Å². The fourth-order valence-electron chi connectivity index (χ4n) is 4.30. The minimum atomic E-state index is -0.352. The van der Waals surface area contributed by atoms with E-state index >= 15 is 0 Å². The van der Waals surface area contributed by atoms with Gasteiger partial charge in [-0.15, -0.1) is 0 Å². The van der Waals surface area contributed by atoms with Crippen LogP contribution in [0.1, 0.15) is 32.6 Å². The number of para-hydroxylation sites is 1. The second-order valence-electron chi connectivity index (χ2n) is 8.24. The molecule has 0 radical (unpaired) electrons. The van der Waals surface area contributed by atoms with Crippen molar-refractivity contribution in [2.75, 3.05) is 16.8 Å². The Kier molecular flexibility index (Phi) is 5.02. The van der Waals surface area contributed by atoms with Crippen molar-refractivity contribution in [2.24, 2.45) is 0 Å². The van der Waals surface area contributed by atoms with Crippen LogP contribution in [0.15, 0.2) is 75.9 Å². The number of aryl methyl sites for hydroxylation is 2. The lowest BCUT2D eigenvalue weighted by molar-refractivity contribution is 0.0989. The number of hydrogen-bond donors (Lipinski definition) is 1. The summed E-state index contributed by atoms with van der Waals surface area (Å²) < 4.78 is 5.46. The molecule has 5 heteroatoms. The highest BCUT2D eigenvalue weighted by Crippen LogP contribution is 2.29. The molecule has 0 spiro atoms. The van der Waals surface area contributed by atoms with Gasteiger partial charge in [-0.3, -0.25) is 4.79 Å². The van der Waals surface area contributed by atoms with E-state index < -0.39 is 0 Å². The number of rotatable bonds is 4. The Morgan fingerprint density at radius 1 is 1.03 bits per heavy atom. The van der Waals surface area contributed by atoms with E-state index in [1.807, 2.05) is 73.3 Å². The van der Waals surface area contributed by atoms with Gasteiger partial charge in [0.05, 0.1) is 0 Å². The van der Waals surface area contributed by atoms with E-state index in [1.165, 1.54) is 11.6 Å². The standard InChI is InChI=1S/C27H24N2O3/c1-17-7-12-23-21(15-25(30)32-26(23)18(17)2)16-28-22-10-8-20(9-11-22)27(31)29-14-13-19-5-3-4-6-24(19)29/h3-12,15,28H,13-14,16H2,1-2H3. The molecule has 0 aliphatic carbocycles. The maximum Gasteiger partial charge on any atom is 0.336 e. The molecule has 1 aliphatic heterocycles. The second-order valence-corrected chi connectivity index (χ2v) is 8.24. The summed E-state index contributed by atoms with van der Waals surface area (Å²) in [4.78, 5) is 26.9. The van der Waals surface area contributed by atoms with Crippen LogP contribution in [-0.4, -0.2) is 12.5 Å². The lowest BCUT2D eigenvalue weighted by atomic mass is 10.0. The van der Waals surface area contributed by atoms with Crippen molar-refractivity contribution in [3.05, 3.63) is 105 Å². The Balaban J connectivity index is 1.34. The fourth-order valence-corrected chi connectivity index (χ4v) is 4.30. The molecule has 0 fully saturated rings. The Morgan fingerprint density at radius 2 is 1.81 bits per heavy atom. The van der Waals surface area contributed by atoms with Crippen molar-refractivity contribution in [3.8, 4) is 0 Å². The summed E-state index contributed by atoms with van der Waals surface area (Å²) in [6, 6.07) is 21.1. The molecule has 0 unspecified atom stereocenters. The Labute approximate surface area is 186 Å². The molecule has 1 N–H and O–H groups in total. The second kappa shape index (κ2) is 8.00. The van der Waals surface area contributed by atoms with Gasteiger partial charge in [-0.1, -0.05) is 30.3 Å². The Bertz CT molecular complexity index is 1390. The topological polar surface area (TPSA) is 62.6 Å². The first-order valence-electron chi connectivity index (χ1n) is 10.8. The summed E-state index contributed by atoms with van der Waals surface area (Å²) in [6.45, 7) is 5.16. The van der Waals surface area contributed by atoms with Gasteiger partial charge in [0.2, 0.25) is 0 Å². The monoisotopic (exact) mass is 424 g/mol. The van der Waals surface area contributed by atoms with Gasteiger partial charge >= 0.3 is 5.63 Å². The highest BCUT2D eigenvalue weighted by atomic mass is 16.4. The van der Waals surface area contributed by atoms with Crippen LogP contribution in [0.2, 0.25) is 0 Å². The maximum atomic E-state index is 13.0. The van der Waals surface area contributed by atoms with E-state index in [9.17, 15) is 9.59 Å². The summed E-state index contributed by atoms with van der Waals surface area (Å²) in [7, 11) is 0. The maximum absolute atomic E-state index is 13.0. The Hall–Kier alpha value is -3.86. The van der Waals surface area contributed by atoms with E-state index in [0.717, 1.165) is 39.9 Å². The highest BCUT2D eigenvalue weighted by molar-refractivity contribution is 6.07. The third-order valence-electron chi connectivity index (χ3n) is 6.26. The highest BCUT2D eigenvalue weighted by Gasteiger charge is 2.24. The summed E-state index contributed by atoms with van der Waals surface area (Å²) in [6.07, 6.45) is 0.888. The molecule has 32 heavy (non-hydrogen) atoms. The molecule has 1 aliphatic rings. The molecule has 5 nitrogen and oxygen atoms in total. The number of amides is 1. The number of carbonyl (C=O) groups excluding carboxylic acids is 1. The zero-order chi connectivity index (χ0) is 22.2. The summed E-state index contributed by atoms with van der Waals surface area (Å²) in [5, 5.41) is 4.29. The van der Waals surface area contributed by atoms with Gasteiger partial charge < -0.3 is 14.6 Å². The SMILES string of the molecule is Cc1ccc2c(CNc3ccc(C(=O)N4CCc5ccccc54)cc3)cc(=O)oc2c1C. The normalized spacial score (nSPS) is 12.8. The average molecular weight is 425 g/mol. The van der Waals surface area contributed by atoms with Crippen LogP contribution in [0, 0.1) is 13.8 Å². The lowest BCUT2D eigenvalue weighted by Gasteiger charge is -2.17. The zero-order valence-electron chi connectivity index (χ0n) is 18.1. The van der Waals surface area contributed by atoms with Gasteiger partial charge in [-0.05, 0) is 72.9 Å². The van der Waals surface area contributed by atoms with Crippen LogP contribution in [0.5, 0.6) is 0 Å². The number of hydrogen-bond acceptors (Lipinski definition) is 4. The van der Waals surface area contributed by atoms with E-state index in [1.54, 1.807) is 0 Å². The van der Waals surface area contributed by atoms with Crippen molar-refractivity contribution >= 4 is 28.3 Å². The molecule has 4 aromatic rings. The molecule has 0 saturated heterocycles. The van der Waals surface area contributed by atoms with E-state index in [-0.39, 0.29) is 11.5 Å². The number of fused-ring (bicyclic) bond motifs is 2. The van der Waals surface area contributed by atoms with Crippen molar-refractivity contribution in [1.82, 2.24) is 0 Å². The molecular weight excluding hydrogens is 400 g/mol. The van der Waals surface area contributed by atoms with Crippen LogP contribution in [0.3, 0.4) is 0 Å². The third-order valence-corrected chi connectivity index (χ3v) is 6.26. The van der Waals surface area contributed by atoms with Crippen LogP contribution in [-0.2, 0) is 13.0 Å². The number of nitrogens with zero attached hydrogens (tertiary/aromatic N) is 1. The number of benzene rings is 3. The van der Waals surface area contributed by atoms with Crippen LogP contribution in [0.25, 0.3) is 11.0 Å². The van der Waals surface area contributed by atoms with Crippen molar-refractivity contribution in [3.63, 3.8) is 0 Å². The van der Waals surface area contributed by atoms with Crippen molar-refractivity contribution in [2.45, 2.75) is 26.8 Å². The summed E-state index contributed by atoms with van der Waals surface area (Å²) >= 11 is 0. The molecule has 5 rings (SSSR count). The molecule has 3 aromatic carbocycles. The smallest absolute Gasteiger partial charge is 0.336 e. The van der Waals surface area contributed by atoms with E-state index in [0.29, 0.717) is 24.2 Å². The van der Waals surface area contributed by atoms with Gasteiger partial charge in [-0.2, -0.15) is 0 Å². The lowest BCUT2D eigenvalue weighted by Crippen LogP contribution is -2.28. The van der Waals surface area contributed by atoms with Gasteiger partial charge in [0.15, 0.2) is 0 Å². The van der Waals surface area contributed by atoms with Crippen LogP contribution >= 0.6 is 0 Å². The van der Waals surface area contributed by atoms with Gasteiger partial charge in [0.1, 0.15) is 5.58 Å². The molecule has 0 atom stereocenters. The third kappa shape index (κ3) is 3.56. The zero-order valence-corrected chi connectivity index (χ0v) is 18.1. The first-order valence-corrected chi connectivity index (χ1v) is 10.8. The van der Waals surface area contributed by atoms with Crippen LogP contribution < -0.4 is 15.8 Å². The van der Waals surface area contributed by atoms with E-state index in [4.69, 9.17) is 4.42 Å². The molecule has 0 saturated carbocycles. The van der Waals surface area contributed by atoms with Gasteiger partial charge in [0.25, 0.3) is 5.91 Å². The molecule has 1 aromatic heterocycles. The minimum absolute atomic E-state index is 0.0130. The van der Waals surface area contributed by atoms with Crippen molar-refractivity contribution < 1.29 is 9.21 Å². The first-order chi connectivity index (χ1) is 15.5.